The lowest BCUT2D eigenvalue weighted by atomic mass is 9.94. The average molecular weight is 578 g/mol. The first-order valence-electron chi connectivity index (χ1n) is 13.0. The van der Waals surface area contributed by atoms with Gasteiger partial charge in [0.2, 0.25) is 12.4 Å². The van der Waals surface area contributed by atoms with Crippen molar-refractivity contribution in [3.63, 3.8) is 0 Å². The van der Waals surface area contributed by atoms with E-state index in [0.717, 1.165) is 17.5 Å². The van der Waals surface area contributed by atoms with Gasteiger partial charge in [0.05, 0.1) is 11.4 Å². The molecule has 0 aliphatic carbocycles. The van der Waals surface area contributed by atoms with E-state index < -0.39 is 12.4 Å². The van der Waals surface area contributed by atoms with Gasteiger partial charge >= 0.3 is 12.4 Å². The molecule has 3 amide bonds. The molecule has 1 atom stereocenters. The number of nitrogens with zero attached hydrogens (tertiary/aromatic N) is 5. The highest BCUT2D eigenvalue weighted by molar-refractivity contribution is 6.16. The maximum atomic E-state index is 12.9. The standard InChI is InChI=1S/C29H26F3N7O3/c1-18-3-12-24-19(2)13-14-33-27(38(17-40)25(24)15-18)36-28(41)35-21-6-4-20(5-7-21)26-34-16-39(37-26)22-8-10-23(11-9-22)42-29(30,31)32/h3-12,15-17,19H,13-14H2,1-2H3,(H2,33,35,36,41). The number of aryl methyl sites for hydroxylation is 1. The van der Waals surface area contributed by atoms with E-state index in [1.807, 2.05) is 25.1 Å². The fourth-order valence-electron chi connectivity index (χ4n) is 4.48. The number of ether oxygens (including phenoxy) is 1. The Balaban J connectivity index is 1.25. The number of halogens is 3. The predicted octanol–water partition coefficient (Wildman–Crippen LogP) is 5.79. The van der Waals surface area contributed by atoms with Gasteiger partial charge in [0, 0.05) is 17.8 Å². The van der Waals surface area contributed by atoms with Crippen LogP contribution in [0, 0.1) is 6.92 Å². The fourth-order valence-corrected chi connectivity index (χ4v) is 4.48. The second-order valence-electron chi connectivity index (χ2n) is 9.64. The van der Waals surface area contributed by atoms with E-state index in [0.29, 0.717) is 41.4 Å². The summed E-state index contributed by atoms with van der Waals surface area (Å²) < 4.78 is 42.5. The van der Waals surface area contributed by atoms with Crippen molar-refractivity contribution in [1.29, 1.82) is 0 Å². The smallest absolute Gasteiger partial charge is 0.406 e. The second-order valence-corrected chi connectivity index (χ2v) is 9.64. The highest BCUT2D eigenvalue weighted by atomic mass is 19.4. The van der Waals surface area contributed by atoms with Gasteiger partial charge in [0.25, 0.3) is 0 Å². The van der Waals surface area contributed by atoms with Gasteiger partial charge in [-0.3, -0.25) is 20.0 Å². The molecule has 0 saturated carbocycles. The van der Waals surface area contributed by atoms with Crippen molar-refractivity contribution in [2.24, 2.45) is 4.99 Å². The zero-order chi connectivity index (χ0) is 29.9. The molecule has 216 valence electrons. The van der Waals surface area contributed by atoms with Crippen LogP contribution < -0.4 is 20.3 Å². The summed E-state index contributed by atoms with van der Waals surface area (Å²) in [5.41, 5.74) is 4.27. The average Bonchev–Trinajstić information content (AvgIpc) is 3.43. The highest BCUT2D eigenvalue weighted by Crippen LogP contribution is 2.32. The maximum Gasteiger partial charge on any atom is 0.573 e. The number of aliphatic imine (C=N–C) groups is 1. The molecule has 2 N–H and O–H groups in total. The monoisotopic (exact) mass is 577 g/mol. The molecular weight excluding hydrogens is 551 g/mol. The number of guanidine groups is 1. The van der Waals surface area contributed by atoms with E-state index in [4.69, 9.17) is 0 Å². The molecular formula is C29H26F3N7O3. The Morgan fingerprint density at radius 2 is 1.79 bits per heavy atom. The first kappa shape index (κ1) is 28.3. The lowest BCUT2D eigenvalue weighted by molar-refractivity contribution is -0.274. The van der Waals surface area contributed by atoms with E-state index in [1.165, 1.54) is 40.2 Å². The van der Waals surface area contributed by atoms with Gasteiger partial charge in [-0.15, -0.1) is 18.3 Å². The van der Waals surface area contributed by atoms with E-state index >= 15 is 0 Å². The van der Waals surface area contributed by atoms with Gasteiger partial charge in [-0.05, 0) is 85.0 Å². The third kappa shape index (κ3) is 6.57. The summed E-state index contributed by atoms with van der Waals surface area (Å²) in [6, 6.07) is 17.3. The summed E-state index contributed by atoms with van der Waals surface area (Å²) in [6.07, 6.45) is -1.93. The van der Waals surface area contributed by atoms with Gasteiger partial charge in [-0.25, -0.2) is 14.5 Å². The minimum absolute atomic E-state index is 0.130. The quantitative estimate of drug-likeness (QED) is 0.292. The molecule has 1 aromatic heterocycles. The summed E-state index contributed by atoms with van der Waals surface area (Å²) in [6.45, 7) is 4.45. The maximum absolute atomic E-state index is 12.9. The Morgan fingerprint density at radius 1 is 1.05 bits per heavy atom. The Bertz CT molecular complexity index is 1620. The van der Waals surface area contributed by atoms with Crippen LogP contribution in [0.2, 0.25) is 0 Å². The molecule has 0 fully saturated rings. The zero-order valence-electron chi connectivity index (χ0n) is 22.6. The SMILES string of the molecule is Cc1ccc2c(c1)N(C=O)C(NC(=O)Nc1ccc(-c3ncn(-c4ccc(OC(F)(F)F)cc4)n3)cc1)=NCCC2C. The van der Waals surface area contributed by atoms with Crippen LogP contribution in [0.25, 0.3) is 17.1 Å². The number of carbonyl (C=O) groups is 2. The Labute approximate surface area is 238 Å². The van der Waals surface area contributed by atoms with Crippen LogP contribution in [0.3, 0.4) is 0 Å². The van der Waals surface area contributed by atoms with Crippen LogP contribution in [0.5, 0.6) is 5.75 Å². The summed E-state index contributed by atoms with van der Waals surface area (Å²) in [4.78, 5) is 35.0. The molecule has 3 aromatic carbocycles. The van der Waals surface area contributed by atoms with E-state index in [1.54, 1.807) is 24.3 Å². The molecule has 13 heteroatoms. The minimum atomic E-state index is -4.77. The molecule has 10 nitrogen and oxygen atoms in total. The topological polar surface area (TPSA) is 114 Å². The molecule has 4 aromatic rings. The van der Waals surface area contributed by atoms with Crippen LogP contribution in [0.1, 0.15) is 30.4 Å². The second kappa shape index (κ2) is 11.7. The van der Waals surface area contributed by atoms with E-state index in [-0.39, 0.29) is 17.6 Å². The summed E-state index contributed by atoms with van der Waals surface area (Å²) >= 11 is 0. The number of nitrogens with one attached hydrogen (secondary N) is 2. The van der Waals surface area contributed by atoms with Crippen LogP contribution in [0.15, 0.2) is 78.0 Å². The van der Waals surface area contributed by atoms with Gasteiger partial charge < -0.3 is 10.1 Å². The summed E-state index contributed by atoms with van der Waals surface area (Å²) in [7, 11) is 0. The first-order valence-corrected chi connectivity index (χ1v) is 13.0. The van der Waals surface area contributed by atoms with Crippen LogP contribution in [-0.2, 0) is 4.79 Å². The van der Waals surface area contributed by atoms with E-state index in [2.05, 4.69) is 37.4 Å². The number of urea groups is 1. The lowest BCUT2D eigenvalue weighted by Crippen LogP contribution is -2.46. The van der Waals surface area contributed by atoms with E-state index in [9.17, 15) is 22.8 Å². The first-order chi connectivity index (χ1) is 20.1. The number of benzene rings is 3. The largest absolute Gasteiger partial charge is 0.573 e. The number of hydrogen-bond donors (Lipinski definition) is 2. The van der Waals surface area contributed by atoms with Gasteiger partial charge in [-0.1, -0.05) is 19.1 Å². The highest BCUT2D eigenvalue weighted by Gasteiger charge is 2.31. The van der Waals surface area contributed by atoms with Crippen LogP contribution >= 0.6 is 0 Å². The molecule has 0 saturated heterocycles. The predicted molar refractivity (Wildman–Crippen MR) is 151 cm³/mol. The number of amides is 3. The number of rotatable bonds is 5. The van der Waals surface area contributed by atoms with Crippen molar-refractivity contribution in [2.75, 3.05) is 16.8 Å². The molecule has 5 rings (SSSR count). The van der Waals surface area contributed by atoms with Crippen molar-refractivity contribution in [2.45, 2.75) is 32.5 Å². The molecule has 0 spiro atoms. The van der Waals surface area contributed by atoms with Gasteiger partial charge in [-0.2, -0.15) is 0 Å². The van der Waals surface area contributed by atoms with Gasteiger partial charge in [0.15, 0.2) is 5.82 Å². The van der Waals surface area contributed by atoms with Crippen molar-refractivity contribution in [3.05, 3.63) is 84.2 Å². The fraction of sp³-hybridized carbons (Fsp3) is 0.207. The minimum Gasteiger partial charge on any atom is -0.406 e. The number of anilines is 2. The number of aromatic nitrogens is 3. The third-order valence-corrected chi connectivity index (χ3v) is 6.59. The lowest BCUT2D eigenvalue weighted by Gasteiger charge is -2.27. The Hall–Kier alpha value is -5.20. The van der Waals surface area contributed by atoms with Crippen molar-refractivity contribution in [1.82, 2.24) is 20.1 Å². The van der Waals surface area contributed by atoms with Gasteiger partial charge in [0.1, 0.15) is 12.1 Å². The molecule has 0 bridgehead atoms. The molecule has 1 aliphatic heterocycles. The molecule has 2 heterocycles. The normalized spacial score (nSPS) is 15.1. The number of carbonyl (C=O) groups excluding carboxylic acids is 2. The number of fused-ring (bicyclic) bond motifs is 1. The number of alkyl halides is 3. The molecule has 42 heavy (non-hydrogen) atoms. The molecule has 0 radical (unpaired) electrons. The number of hydrogen-bond acceptors (Lipinski definition) is 6. The van der Waals surface area contributed by atoms with Crippen molar-refractivity contribution in [3.8, 4) is 22.8 Å². The summed E-state index contributed by atoms with van der Waals surface area (Å²) in [5, 5.41) is 9.80. The molecule has 1 aliphatic rings. The molecule has 1 unspecified atom stereocenters. The van der Waals surface area contributed by atoms with Crippen LogP contribution in [0.4, 0.5) is 29.3 Å². The van der Waals surface area contributed by atoms with Crippen LogP contribution in [-0.4, -0.2) is 46.1 Å². The summed E-state index contributed by atoms with van der Waals surface area (Å²) in [5.74, 6) is 0.356. The third-order valence-electron chi connectivity index (χ3n) is 6.59. The van der Waals surface area contributed by atoms with Crippen molar-refractivity contribution >= 4 is 29.8 Å². The zero-order valence-corrected chi connectivity index (χ0v) is 22.6. The van der Waals surface area contributed by atoms with Crippen molar-refractivity contribution < 1.29 is 27.5 Å². The Morgan fingerprint density at radius 3 is 2.48 bits per heavy atom. The Kier molecular flexibility index (Phi) is 7.91.